The average molecular weight is 572 g/mol. The summed E-state index contributed by atoms with van der Waals surface area (Å²) in [4.78, 5) is 29.0. The van der Waals surface area contributed by atoms with Crippen molar-refractivity contribution in [1.82, 2.24) is 20.3 Å². The lowest BCUT2D eigenvalue weighted by molar-refractivity contribution is 0.0950. The molecule has 5 aromatic rings. The first-order valence-corrected chi connectivity index (χ1v) is 15.0. The van der Waals surface area contributed by atoms with E-state index in [9.17, 15) is 18.3 Å². The highest BCUT2D eigenvalue weighted by molar-refractivity contribution is 7.91. The maximum atomic E-state index is 12.9. The largest absolute Gasteiger partial charge is 0.506 e. The predicted octanol–water partition coefficient (Wildman–Crippen LogP) is 4.22. The van der Waals surface area contributed by atoms with Crippen LogP contribution in [-0.2, 0) is 16.4 Å². The van der Waals surface area contributed by atoms with E-state index >= 15 is 0 Å². The van der Waals surface area contributed by atoms with Gasteiger partial charge in [-0.05, 0) is 49.2 Å². The highest BCUT2D eigenvalue weighted by Crippen LogP contribution is 2.47. The van der Waals surface area contributed by atoms with Crippen LogP contribution in [-0.4, -0.2) is 53.8 Å². The number of aromatic nitrogens is 3. The molecule has 0 bridgehead atoms. The molecule has 7 rings (SSSR count). The van der Waals surface area contributed by atoms with Crippen LogP contribution in [0.25, 0.3) is 21.9 Å². The average Bonchev–Trinajstić information content (AvgIpc) is 3.71. The molecule has 0 atom stereocenters. The summed E-state index contributed by atoms with van der Waals surface area (Å²) in [6, 6.07) is 12.0. The molecule has 1 fully saturated rings. The van der Waals surface area contributed by atoms with Crippen LogP contribution in [0.15, 0.2) is 64.2 Å². The van der Waals surface area contributed by atoms with Crippen molar-refractivity contribution in [3.8, 4) is 11.5 Å². The molecule has 0 unspecified atom stereocenters. The zero-order valence-corrected chi connectivity index (χ0v) is 22.8. The van der Waals surface area contributed by atoms with Crippen LogP contribution in [0.4, 0.5) is 11.6 Å². The molecule has 41 heavy (non-hydrogen) atoms. The van der Waals surface area contributed by atoms with Crippen molar-refractivity contribution in [3.05, 3.63) is 71.9 Å². The van der Waals surface area contributed by atoms with Crippen LogP contribution in [0.3, 0.4) is 0 Å². The van der Waals surface area contributed by atoms with Gasteiger partial charge in [0.15, 0.2) is 21.4 Å². The number of carbonyl (C=O) groups is 1. The summed E-state index contributed by atoms with van der Waals surface area (Å²) in [5.41, 5.74) is 2.70. The number of nitrogens with zero attached hydrogens (tertiary/aromatic N) is 4. The number of furan rings is 1. The zero-order valence-electron chi connectivity index (χ0n) is 22.0. The Bertz CT molecular complexity index is 1970. The second-order valence-corrected chi connectivity index (χ2v) is 12.3. The van der Waals surface area contributed by atoms with E-state index in [1.807, 2.05) is 23.1 Å². The number of fused-ring (bicyclic) bond motifs is 3. The molecule has 1 aromatic carbocycles. The van der Waals surface area contributed by atoms with Gasteiger partial charge in [-0.1, -0.05) is 0 Å². The Labute approximate surface area is 234 Å². The summed E-state index contributed by atoms with van der Waals surface area (Å²) >= 11 is 0. The van der Waals surface area contributed by atoms with Gasteiger partial charge < -0.3 is 24.5 Å². The topological polar surface area (TPSA) is 148 Å². The molecule has 1 aliphatic heterocycles. The molecule has 1 amide bonds. The van der Waals surface area contributed by atoms with Gasteiger partial charge in [0, 0.05) is 40.8 Å². The van der Waals surface area contributed by atoms with E-state index in [2.05, 4.69) is 10.3 Å². The number of pyridine rings is 3. The smallest absolute Gasteiger partial charge is 0.251 e. The molecule has 0 saturated heterocycles. The summed E-state index contributed by atoms with van der Waals surface area (Å²) in [5.74, 6) is 1.92. The van der Waals surface area contributed by atoms with Crippen molar-refractivity contribution in [2.45, 2.75) is 30.2 Å². The number of nitrogens with one attached hydrogen (secondary N) is 1. The molecule has 5 heterocycles. The molecular weight excluding hydrogens is 546 g/mol. The van der Waals surface area contributed by atoms with E-state index < -0.39 is 9.84 Å². The minimum atomic E-state index is -3.51. The third kappa shape index (κ3) is 4.69. The van der Waals surface area contributed by atoms with Gasteiger partial charge in [-0.3, -0.25) is 9.78 Å². The maximum Gasteiger partial charge on any atom is 0.251 e. The molecule has 4 aromatic heterocycles. The summed E-state index contributed by atoms with van der Waals surface area (Å²) in [6.45, 7) is 1.14. The van der Waals surface area contributed by atoms with Gasteiger partial charge in [0.1, 0.15) is 34.9 Å². The quantitative estimate of drug-likeness (QED) is 0.304. The summed E-state index contributed by atoms with van der Waals surface area (Å²) < 4.78 is 35.2. The Morgan fingerprint density at radius 2 is 2.00 bits per heavy atom. The van der Waals surface area contributed by atoms with E-state index in [-0.39, 0.29) is 29.0 Å². The number of amides is 1. The second-order valence-electron chi connectivity index (χ2n) is 10.3. The minimum absolute atomic E-state index is 0.0406. The fourth-order valence-corrected chi connectivity index (χ4v) is 5.80. The summed E-state index contributed by atoms with van der Waals surface area (Å²) in [6.07, 6.45) is 6.02. The summed E-state index contributed by atoms with van der Waals surface area (Å²) in [5, 5.41) is 14.5. The van der Waals surface area contributed by atoms with Gasteiger partial charge in [-0.15, -0.1) is 0 Å². The molecule has 0 spiro atoms. The minimum Gasteiger partial charge on any atom is -0.506 e. The van der Waals surface area contributed by atoms with Gasteiger partial charge >= 0.3 is 0 Å². The number of sulfone groups is 1. The molecule has 12 heteroatoms. The first-order chi connectivity index (χ1) is 19.7. The normalized spacial score (nSPS) is 15.1. The number of benzene rings is 1. The fourth-order valence-electron chi connectivity index (χ4n) is 5.02. The first kappa shape index (κ1) is 25.3. The Hall–Kier alpha value is -4.71. The number of rotatable bonds is 6. The number of aromatic hydroxyl groups is 1. The van der Waals surface area contributed by atoms with Crippen molar-refractivity contribution in [2.75, 3.05) is 24.3 Å². The number of ether oxygens (including phenoxy) is 1. The molecule has 1 saturated carbocycles. The van der Waals surface area contributed by atoms with E-state index in [0.717, 1.165) is 24.5 Å². The molecule has 2 N–H and O–H groups in total. The van der Waals surface area contributed by atoms with Gasteiger partial charge in [-0.25, -0.2) is 18.4 Å². The van der Waals surface area contributed by atoms with Crippen LogP contribution < -0.4 is 15.0 Å². The lowest BCUT2D eigenvalue weighted by Crippen LogP contribution is -2.30. The van der Waals surface area contributed by atoms with Gasteiger partial charge in [0.05, 0.1) is 30.0 Å². The highest BCUT2D eigenvalue weighted by atomic mass is 32.2. The molecule has 0 radical (unpaired) electrons. The lowest BCUT2D eigenvalue weighted by atomic mass is 10.1. The standard InChI is InChI=1S/C29H25N5O6S/c1-41(37,38)25-15-40-23-6-4-17(10-20(23)25)29(36)31-14-19-11-21-18(13-30-19)5-7-26(32-21)34-8-9-39-24-12-22(35)27(16-2-3-16)33-28(24)34/h4-7,10-13,15-16,35H,2-3,8-9,14H2,1H3,(H,31,36). The monoisotopic (exact) mass is 571 g/mol. The van der Waals surface area contributed by atoms with Crippen LogP contribution in [0.1, 0.15) is 40.5 Å². The molecular formula is C29H25N5O6S. The SMILES string of the molecule is CS(=O)(=O)c1coc2ccc(C(=O)NCc3cc4nc(N5CCOc6cc(O)c(C7CC7)nc65)ccc4cn3)cc12. The van der Waals surface area contributed by atoms with Crippen LogP contribution in [0, 0.1) is 0 Å². The predicted molar refractivity (Wildman–Crippen MR) is 150 cm³/mol. The van der Waals surface area contributed by atoms with E-state index in [1.54, 1.807) is 24.4 Å². The highest BCUT2D eigenvalue weighted by Gasteiger charge is 2.32. The van der Waals surface area contributed by atoms with Crippen molar-refractivity contribution < 1.29 is 27.5 Å². The van der Waals surface area contributed by atoms with Crippen molar-refractivity contribution >= 4 is 49.3 Å². The first-order valence-electron chi connectivity index (χ1n) is 13.1. The number of carbonyl (C=O) groups excluding carboxylic acids is 1. The Balaban J connectivity index is 1.13. The Kier molecular flexibility index (Phi) is 5.82. The molecule has 208 valence electrons. The third-order valence-electron chi connectivity index (χ3n) is 7.29. The van der Waals surface area contributed by atoms with Gasteiger partial charge in [0.2, 0.25) is 0 Å². The van der Waals surface area contributed by atoms with Crippen LogP contribution in [0.5, 0.6) is 11.5 Å². The van der Waals surface area contributed by atoms with E-state index in [0.29, 0.717) is 64.0 Å². The van der Waals surface area contributed by atoms with E-state index in [1.165, 1.54) is 12.3 Å². The Morgan fingerprint density at radius 1 is 1.15 bits per heavy atom. The number of hydrogen-bond acceptors (Lipinski definition) is 10. The third-order valence-corrected chi connectivity index (χ3v) is 8.41. The summed E-state index contributed by atoms with van der Waals surface area (Å²) in [7, 11) is -3.51. The van der Waals surface area contributed by atoms with Crippen LogP contribution in [0.2, 0.25) is 0 Å². The van der Waals surface area contributed by atoms with Crippen LogP contribution >= 0.6 is 0 Å². The number of hydrogen-bond donors (Lipinski definition) is 2. The van der Waals surface area contributed by atoms with Gasteiger partial charge in [-0.2, -0.15) is 0 Å². The maximum absolute atomic E-state index is 12.9. The molecule has 11 nitrogen and oxygen atoms in total. The fraction of sp³-hybridized carbons (Fsp3) is 0.241. The van der Waals surface area contributed by atoms with Crippen molar-refractivity contribution in [3.63, 3.8) is 0 Å². The lowest BCUT2D eigenvalue weighted by Gasteiger charge is -2.30. The van der Waals surface area contributed by atoms with Crippen molar-refractivity contribution in [1.29, 1.82) is 0 Å². The van der Waals surface area contributed by atoms with Crippen molar-refractivity contribution in [2.24, 2.45) is 0 Å². The molecule has 1 aliphatic carbocycles. The number of anilines is 2. The second kappa shape index (κ2) is 9.44. The van der Waals surface area contributed by atoms with Gasteiger partial charge in [0.25, 0.3) is 5.91 Å². The molecule has 2 aliphatic rings. The Morgan fingerprint density at radius 3 is 2.80 bits per heavy atom. The van der Waals surface area contributed by atoms with E-state index in [4.69, 9.17) is 19.1 Å². The zero-order chi connectivity index (χ0) is 28.3.